The number of halogens is 1. The average Bonchev–Trinajstić information content (AvgIpc) is 3.69. The van der Waals surface area contributed by atoms with Gasteiger partial charge in [-0.1, -0.05) is 12.1 Å². The van der Waals surface area contributed by atoms with E-state index in [1.165, 1.54) is 0 Å². The summed E-state index contributed by atoms with van der Waals surface area (Å²) in [6.45, 7) is 5.54. The lowest BCUT2D eigenvalue weighted by molar-refractivity contribution is 0.0674. The molecule has 0 spiro atoms. The van der Waals surface area contributed by atoms with E-state index in [1.54, 1.807) is 0 Å². The molecule has 7 nitrogen and oxygen atoms in total. The van der Waals surface area contributed by atoms with Crippen LogP contribution in [0.25, 0.3) is 10.9 Å². The molecule has 4 aliphatic heterocycles. The van der Waals surface area contributed by atoms with Crippen molar-refractivity contribution in [2.45, 2.75) is 56.6 Å². The number of pyridine rings is 1. The number of hydrogen-bond donors (Lipinski definition) is 1. The summed E-state index contributed by atoms with van der Waals surface area (Å²) in [5.74, 6) is 1.12. The first-order chi connectivity index (χ1) is 19.1. The minimum atomic E-state index is -1.07. The fourth-order valence-corrected chi connectivity index (χ4v) is 6.55. The van der Waals surface area contributed by atoms with Crippen LogP contribution in [0.2, 0.25) is 0 Å². The molecule has 3 fully saturated rings. The number of hydrogen-bond acceptors (Lipinski definition) is 6. The molecule has 0 radical (unpaired) electrons. The number of amides is 1. The average molecular weight is 531 g/mol. The molecule has 8 heteroatoms. The summed E-state index contributed by atoms with van der Waals surface area (Å²) in [5.41, 5.74) is 4.95. The van der Waals surface area contributed by atoms with Gasteiger partial charge in [-0.3, -0.25) is 14.7 Å². The summed E-state index contributed by atoms with van der Waals surface area (Å²) >= 11 is 0. The predicted octanol–water partition coefficient (Wildman–Crippen LogP) is 4.05. The van der Waals surface area contributed by atoms with E-state index in [4.69, 9.17) is 14.5 Å². The highest BCUT2D eigenvalue weighted by Gasteiger charge is 2.36. The van der Waals surface area contributed by atoms with Gasteiger partial charge >= 0.3 is 0 Å². The lowest BCUT2D eigenvalue weighted by atomic mass is 10.0. The van der Waals surface area contributed by atoms with Gasteiger partial charge in [0.15, 0.2) is 6.17 Å². The third-order valence-electron chi connectivity index (χ3n) is 8.71. The van der Waals surface area contributed by atoms with Crippen molar-refractivity contribution in [2.75, 3.05) is 39.4 Å². The Morgan fingerprint density at radius 3 is 2.90 bits per heavy atom. The van der Waals surface area contributed by atoms with Gasteiger partial charge in [0.25, 0.3) is 5.91 Å². The van der Waals surface area contributed by atoms with Crippen molar-refractivity contribution in [1.29, 1.82) is 0 Å². The fraction of sp³-hybridized carbons (Fsp3) is 0.484. The first-order valence-corrected chi connectivity index (χ1v) is 14.3. The van der Waals surface area contributed by atoms with Gasteiger partial charge in [0.1, 0.15) is 11.9 Å². The second kappa shape index (κ2) is 10.5. The number of nitrogens with one attached hydrogen (secondary N) is 1. The van der Waals surface area contributed by atoms with Crippen LogP contribution in [0.1, 0.15) is 52.4 Å². The molecule has 39 heavy (non-hydrogen) atoms. The monoisotopic (exact) mass is 530 g/mol. The molecule has 2 aromatic carbocycles. The molecule has 0 aliphatic carbocycles. The minimum Gasteiger partial charge on any atom is -0.486 e. The topological polar surface area (TPSA) is 66.9 Å². The van der Waals surface area contributed by atoms with E-state index in [9.17, 15) is 4.79 Å². The lowest BCUT2D eigenvalue weighted by Gasteiger charge is -2.31. The zero-order valence-corrected chi connectivity index (χ0v) is 22.2. The molecule has 7 rings (SSSR count). The number of alkyl halides is 1. The number of aromatic nitrogens is 1. The number of fused-ring (bicyclic) bond motifs is 2. The van der Waals surface area contributed by atoms with Gasteiger partial charge in [-0.15, -0.1) is 0 Å². The molecule has 204 valence electrons. The molecular formula is C31H35FN4O3. The van der Waals surface area contributed by atoms with E-state index in [0.29, 0.717) is 37.8 Å². The second-order valence-electron chi connectivity index (χ2n) is 11.4. The maximum absolute atomic E-state index is 15.1. The van der Waals surface area contributed by atoms with Crippen molar-refractivity contribution >= 4 is 16.8 Å². The van der Waals surface area contributed by atoms with E-state index in [1.807, 2.05) is 23.1 Å². The quantitative estimate of drug-likeness (QED) is 0.519. The Labute approximate surface area is 228 Å². The van der Waals surface area contributed by atoms with Crippen LogP contribution >= 0.6 is 0 Å². The van der Waals surface area contributed by atoms with Crippen molar-refractivity contribution in [2.24, 2.45) is 0 Å². The number of likely N-dealkylation sites (tertiary alicyclic amines) is 1. The normalized spacial score (nSPS) is 27.4. The number of carbonyl (C=O) groups excluding carboxylic acids is 1. The Morgan fingerprint density at radius 2 is 2.05 bits per heavy atom. The second-order valence-corrected chi connectivity index (χ2v) is 11.4. The van der Waals surface area contributed by atoms with Gasteiger partial charge < -0.3 is 19.7 Å². The standard InChI is InChI=1S/C31H35FN4O3/c32-27-17-35(15-20-3-7-28-21(12-20)4-8-29(34-28)22-9-11-38-19-22)18-30(27)39-25-5-6-26-23(13-25)16-36(31(26)37)24-2-1-10-33-14-24/h3-8,12-13,22,24,27,30,33H,1-2,9-11,14-19H2/t22-,24?,27+,30+/m0/s1. The van der Waals surface area contributed by atoms with E-state index in [-0.39, 0.29) is 11.9 Å². The molecule has 3 saturated heterocycles. The van der Waals surface area contributed by atoms with E-state index < -0.39 is 12.3 Å². The number of piperidine rings is 1. The van der Waals surface area contributed by atoms with Crippen molar-refractivity contribution < 1.29 is 18.7 Å². The van der Waals surface area contributed by atoms with Crippen molar-refractivity contribution in [3.63, 3.8) is 0 Å². The predicted molar refractivity (Wildman–Crippen MR) is 147 cm³/mol. The van der Waals surface area contributed by atoms with Gasteiger partial charge in [-0.25, -0.2) is 4.39 Å². The van der Waals surface area contributed by atoms with Crippen LogP contribution in [-0.4, -0.2) is 78.4 Å². The van der Waals surface area contributed by atoms with Crippen LogP contribution in [0.5, 0.6) is 5.75 Å². The van der Waals surface area contributed by atoms with Gasteiger partial charge in [0.05, 0.1) is 12.1 Å². The van der Waals surface area contributed by atoms with Gasteiger partial charge in [0, 0.05) is 67.9 Å². The Bertz CT molecular complexity index is 1370. The third-order valence-corrected chi connectivity index (χ3v) is 8.71. The van der Waals surface area contributed by atoms with Crippen LogP contribution in [0.4, 0.5) is 4.39 Å². The summed E-state index contributed by atoms with van der Waals surface area (Å²) in [6, 6.07) is 16.4. The van der Waals surface area contributed by atoms with Crippen LogP contribution < -0.4 is 10.1 Å². The molecule has 1 aromatic heterocycles. The molecule has 5 heterocycles. The van der Waals surface area contributed by atoms with Crippen molar-refractivity contribution in [3.8, 4) is 5.75 Å². The molecule has 3 aromatic rings. The zero-order valence-electron chi connectivity index (χ0n) is 22.2. The Morgan fingerprint density at radius 1 is 1.10 bits per heavy atom. The highest BCUT2D eigenvalue weighted by Crippen LogP contribution is 2.32. The highest BCUT2D eigenvalue weighted by atomic mass is 19.1. The number of carbonyl (C=O) groups is 1. The van der Waals surface area contributed by atoms with Crippen LogP contribution in [0.3, 0.4) is 0 Å². The molecule has 1 amide bonds. The smallest absolute Gasteiger partial charge is 0.254 e. The minimum absolute atomic E-state index is 0.0926. The first kappa shape index (κ1) is 24.9. The Kier molecular flexibility index (Phi) is 6.70. The molecule has 0 bridgehead atoms. The largest absolute Gasteiger partial charge is 0.486 e. The highest BCUT2D eigenvalue weighted by molar-refractivity contribution is 5.98. The Hall–Kier alpha value is -3.07. The third kappa shape index (κ3) is 5.01. The van der Waals surface area contributed by atoms with Crippen LogP contribution in [0, 0.1) is 0 Å². The van der Waals surface area contributed by atoms with E-state index >= 15 is 4.39 Å². The molecule has 1 unspecified atom stereocenters. The van der Waals surface area contributed by atoms with E-state index in [2.05, 4.69) is 40.5 Å². The van der Waals surface area contributed by atoms with Crippen LogP contribution in [-0.2, 0) is 17.8 Å². The first-order valence-electron chi connectivity index (χ1n) is 14.3. The summed E-state index contributed by atoms with van der Waals surface area (Å²) in [4.78, 5) is 21.9. The summed E-state index contributed by atoms with van der Waals surface area (Å²) in [6.07, 6.45) is 1.55. The Balaban J connectivity index is 0.987. The number of nitrogens with zero attached hydrogens (tertiary/aromatic N) is 3. The summed E-state index contributed by atoms with van der Waals surface area (Å²) in [5, 5.41) is 4.50. The maximum Gasteiger partial charge on any atom is 0.254 e. The lowest BCUT2D eigenvalue weighted by Crippen LogP contribution is -2.46. The summed E-state index contributed by atoms with van der Waals surface area (Å²) in [7, 11) is 0. The number of rotatable bonds is 6. The number of ether oxygens (including phenoxy) is 2. The fourth-order valence-electron chi connectivity index (χ4n) is 6.55. The van der Waals surface area contributed by atoms with Gasteiger partial charge in [-0.05, 0) is 73.3 Å². The van der Waals surface area contributed by atoms with E-state index in [0.717, 1.165) is 78.9 Å². The zero-order chi connectivity index (χ0) is 26.3. The maximum atomic E-state index is 15.1. The summed E-state index contributed by atoms with van der Waals surface area (Å²) < 4.78 is 26.7. The van der Waals surface area contributed by atoms with Crippen LogP contribution in [0.15, 0.2) is 48.5 Å². The SMILES string of the molecule is O=C1c2ccc(O[C@@H]3CN(Cc4ccc5nc([C@H]6CCOC6)ccc5c4)C[C@H]3F)cc2CN1C1CCCNC1. The molecule has 1 N–H and O–H groups in total. The molecule has 4 aliphatic rings. The van der Waals surface area contributed by atoms with Gasteiger partial charge in [-0.2, -0.15) is 0 Å². The molecular weight excluding hydrogens is 495 g/mol. The van der Waals surface area contributed by atoms with Gasteiger partial charge in [0.2, 0.25) is 0 Å². The molecule has 0 saturated carbocycles. The number of benzene rings is 2. The van der Waals surface area contributed by atoms with Crippen molar-refractivity contribution in [3.05, 3.63) is 70.9 Å². The molecule has 4 atom stereocenters. The van der Waals surface area contributed by atoms with Crippen molar-refractivity contribution in [1.82, 2.24) is 20.1 Å².